The van der Waals surface area contributed by atoms with E-state index in [-0.39, 0.29) is 0 Å². The van der Waals surface area contributed by atoms with Crippen molar-refractivity contribution in [2.75, 3.05) is 5.73 Å². The Morgan fingerprint density at radius 1 is 1.12 bits per heavy atom. The van der Waals surface area contributed by atoms with Gasteiger partial charge in [-0.05, 0) is 30.3 Å². The van der Waals surface area contributed by atoms with Gasteiger partial charge >= 0.3 is 0 Å². The first-order valence-electron chi connectivity index (χ1n) is 5.15. The second-order valence-electron chi connectivity index (χ2n) is 3.72. The first kappa shape index (κ1) is 10.2. The third-order valence-electron chi connectivity index (χ3n) is 2.54. The molecule has 84 valence electrons. The van der Waals surface area contributed by atoms with Gasteiger partial charge in [-0.15, -0.1) is 0 Å². The van der Waals surface area contributed by atoms with Crippen LogP contribution in [0.25, 0.3) is 22.6 Å². The van der Waals surface area contributed by atoms with E-state index in [9.17, 15) is 0 Å². The quantitative estimate of drug-likeness (QED) is 0.664. The van der Waals surface area contributed by atoms with E-state index in [1.54, 1.807) is 18.2 Å². The molecule has 0 saturated heterocycles. The Morgan fingerprint density at radius 3 is 2.76 bits per heavy atom. The van der Waals surface area contributed by atoms with Gasteiger partial charge in [-0.1, -0.05) is 23.7 Å². The second-order valence-corrected chi connectivity index (χ2v) is 4.15. The fourth-order valence-electron chi connectivity index (χ4n) is 1.71. The minimum absolute atomic E-state index is 0.514. The first-order valence-corrected chi connectivity index (χ1v) is 5.53. The van der Waals surface area contributed by atoms with Gasteiger partial charge < -0.3 is 10.2 Å². The van der Waals surface area contributed by atoms with Crippen LogP contribution in [0.3, 0.4) is 0 Å². The lowest BCUT2D eigenvalue weighted by Crippen LogP contribution is -1.88. The first-order chi connectivity index (χ1) is 8.24. The van der Waals surface area contributed by atoms with Crippen LogP contribution < -0.4 is 5.73 Å². The SMILES string of the molecule is Nc1ccccc1-c1nc2cc(Cl)ccc2o1. The zero-order chi connectivity index (χ0) is 11.8. The molecule has 1 heterocycles. The average molecular weight is 245 g/mol. The molecule has 0 aliphatic rings. The predicted octanol–water partition coefficient (Wildman–Crippen LogP) is 3.73. The fraction of sp³-hybridized carbons (Fsp3) is 0. The number of fused-ring (bicyclic) bond motifs is 1. The van der Waals surface area contributed by atoms with Crippen molar-refractivity contribution in [1.29, 1.82) is 0 Å². The molecule has 3 nitrogen and oxygen atoms in total. The van der Waals surface area contributed by atoms with Crippen LogP contribution in [0, 0.1) is 0 Å². The van der Waals surface area contributed by atoms with Crippen molar-refractivity contribution >= 4 is 28.4 Å². The number of halogens is 1. The maximum Gasteiger partial charge on any atom is 0.229 e. The summed E-state index contributed by atoms with van der Waals surface area (Å²) in [5.74, 6) is 0.514. The monoisotopic (exact) mass is 244 g/mol. The van der Waals surface area contributed by atoms with Crippen LogP contribution in [0.1, 0.15) is 0 Å². The lowest BCUT2D eigenvalue weighted by Gasteiger charge is -1.98. The number of para-hydroxylation sites is 1. The largest absolute Gasteiger partial charge is 0.436 e. The Morgan fingerprint density at radius 2 is 1.94 bits per heavy atom. The molecular formula is C13H9ClN2O. The van der Waals surface area contributed by atoms with E-state index in [0.717, 1.165) is 11.1 Å². The van der Waals surface area contributed by atoms with Crippen molar-refractivity contribution in [3.05, 3.63) is 47.5 Å². The normalized spacial score (nSPS) is 10.9. The zero-order valence-electron chi connectivity index (χ0n) is 8.85. The summed E-state index contributed by atoms with van der Waals surface area (Å²) < 4.78 is 5.64. The number of nitrogens with zero attached hydrogens (tertiary/aromatic N) is 1. The van der Waals surface area contributed by atoms with E-state index < -0.39 is 0 Å². The third-order valence-corrected chi connectivity index (χ3v) is 2.78. The summed E-state index contributed by atoms with van der Waals surface area (Å²) >= 11 is 5.90. The molecule has 0 radical (unpaired) electrons. The predicted molar refractivity (Wildman–Crippen MR) is 68.9 cm³/mol. The van der Waals surface area contributed by atoms with Crippen molar-refractivity contribution in [2.24, 2.45) is 0 Å². The van der Waals surface area contributed by atoms with E-state index in [2.05, 4.69) is 4.98 Å². The Labute approximate surface area is 103 Å². The number of oxazole rings is 1. The molecule has 2 aromatic carbocycles. The van der Waals surface area contributed by atoms with E-state index in [4.69, 9.17) is 21.8 Å². The number of anilines is 1. The number of benzene rings is 2. The minimum Gasteiger partial charge on any atom is -0.436 e. The highest BCUT2D eigenvalue weighted by atomic mass is 35.5. The van der Waals surface area contributed by atoms with Gasteiger partial charge in [-0.2, -0.15) is 0 Å². The molecule has 0 saturated carbocycles. The van der Waals surface area contributed by atoms with Crippen LogP contribution in [-0.4, -0.2) is 4.98 Å². The van der Waals surface area contributed by atoms with Crippen LogP contribution in [-0.2, 0) is 0 Å². The van der Waals surface area contributed by atoms with Gasteiger partial charge in [0.05, 0.1) is 5.56 Å². The van der Waals surface area contributed by atoms with Gasteiger partial charge in [0.25, 0.3) is 0 Å². The van der Waals surface area contributed by atoms with Crippen LogP contribution in [0.4, 0.5) is 5.69 Å². The van der Waals surface area contributed by atoms with Gasteiger partial charge in [-0.25, -0.2) is 4.98 Å². The number of aromatic nitrogens is 1. The Balaban J connectivity index is 2.22. The highest BCUT2D eigenvalue weighted by molar-refractivity contribution is 6.31. The van der Waals surface area contributed by atoms with E-state index in [1.165, 1.54) is 0 Å². The highest BCUT2D eigenvalue weighted by Gasteiger charge is 2.10. The standard InChI is InChI=1S/C13H9ClN2O/c14-8-5-6-12-11(7-8)16-13(17-12)9-3-1-2-4-10(9)15/h1-7H,15H2. The van der Waals surface area contributed by atoms with Crippen LogP contribution in [0.15, 0.2) is 46.9 Å². The Kier molecular flexibility index (Phi) is 2.27. The average Bonchev–Trinajstić information content (AvgIpc) is 2.72. The van der Waals surface area contributed by atoms with Gasteiger partial charge in [0.15, 0.2) is 5.58 Å². The summed E-state index contributed by atoms with van der Waals surface area (Å²) in [5, 5.41) is 0.637. The Hall–Kier alpha value is -2.00. The highest BCUT2D eigenvalue weighted by Crippen LogP contribution is 2.29. The molecule has 0 aliphatic heterocycles. The molecule has 0 amide bonds. The molecule has 0 bridgehead atoms. The van der Waals surface area contributed by atoms with E-state index in [0.29, 0.717) is 22.2 Å². The maximum atomic E-state index is 5.90. The zero-order valence-corrected chi connectivity index (χ0v) is 9.61. The molecule has 3 rings (SSSR count). The lowest BCUT2D eigenvalue weighted by atomic mass is 10.2. The Bertz CT molecular complexity index is 691. The summed E-state index contributed by atoms with van der Waals surface area (Å²) in [4.78, 5) is 4.37. The van der Waals surface area contributed by atoms with Crippen molar-refractivity contribution in [3.63, 3.8) is 0 Å². The molecule has 0 atom stereocenters. The van der Waals surface area contributed by atoms with Crippen LogP contribution >= 0.6 is 11.6 Å². The number of rotatable bonds is 1. The molecule has 3 aromatic rings. The molecule has 17 heavy (non-hydrogen) atoms. The van der Waals surface area contributed by atoms with Crippen molar-refractivity contribution in [3.8, 4) is 11.5 Å². The minimum atomic E-state index is 0.514. The molecule has 2 N–H and O–H groups in total. The second kappa shape index (κ2) is 3.79. The topological polar surface area (TPSA) is 52.0 Å². The molecule has 4 heteroatoms. The maximum absolute atomic E-state index is 5.90. The molecule has 0 fully saturated rings. The smallest absolute Gasteiger partial charge is 0.229 e. The van der Waals surface area contributed by atoms with E-state index >= 15 is 0 Å². The molecule has 0 unspecified atom stereocenters. The number of nitrogen functional groups attached to an aromatic ring is 1. The molecule has 0 spiro atoms. The van der Waals surface area contributed by atoms with E-state index in [1.807, 2.05) is 24.3 Å². The number of nitrogens with two attached hydrogens (primary N) is 1. The van der Waals surface area contributed by atoms with Gasteiger partial charge in [0, 0.05) is 10.7 Å². The fourth-order valence-corrected chi connectivity index (χ4v) is 1.87. The van der Waals surface area contributed by atoms with Gasteiger partial charge in [-0.3, -0.25) is 0 Å². The summed E-state index contributed by atoms with van der Waals surface area (Å²) in [6.45, 7) is 0. The molecular weight excluding hydrogens is 236 g/mol. The van der Waals surface area contributed by atoms with Gasteiger partial charge in [0.2, 0.25) is 5.89 Å². The summed E-state index contributed by atoms with van der Waals surface area (Å²) in [6.07, 6.45) is 0. The summed E-state index contributed by atoms with van der Waals surface area (Å²) in [7, 11) is 0. The molecule has 0 aliphatic carbocycles. The van der Waals surface area contributed by atoms with Crippen LogP contribution in [0.5, 0.6) is 0 Å². The van der Waals surface area contributed by atoms with Crippen LogP contribution in [0.2, 0.25) is 5.02 Å². The summed E-state index contributed by atoms with van der Waals surface area (Å²) in [5.41, 5.74) is 8.75. The third kappa shape index (κ3) is 1.74. The number of hydrogen-bond acceptors (Lipinski definition) is 3. The van der Waals surface area contributed by atoms with Crippen molar-refractivity contribution in [2.45, 2.75) is 0 Å². The molecule has 1 aromatic heterocycles. The van der Waals surface area contributed by atoms with Gasteiger partial charge in [0.1, 0.15) is 5.52 Å². The lowest BCUT2D eigenvalue weighted by molar-refractivity contribution is 0.620. The number of hydrogen-bond donors (Lipinski definition) is 1. The van der Waals surface area contributed by atoms with Crippen molar-refractivity contribution in [1.82, 2.24) is 4.98 Å². The summed E-state index contributed by atoms with van der Waals surface area (Å²) in [6, 6.07) is 12.8. The van der Waals surface area contributed by atoms with Crippen molar-refractivity contribution < 1.29 is 4.42 Å².